The van der Waals surface area contributed by atoms with Crippen LogP contribution in [0.15, 0.2) is 267 Å². The highest BCUT2D eigenvalue weighted by atomic mass is 28.3. The average Bonchev–Trinajstić information content (AvgIpc) is 3.80. The molecule has 344 valence electrons. The Balaban J connectivity index is 0.937. The lowest BCUT2D eigenvalue weighted by Crippen LogP contribution is -2.74. The van der Waals surface area contributed by atoms with Gasteiger partial charge in [-0.3, -0.25) is 0 Å². The molecule has 0 saturated heterocycles. The molecule has 0 nitrogen and oxygen atoms in total. The first kappa shape index (κ1) is 44.1. The second-order valence-corrected chi connectivity index (χ2v) is 28.7. The smallest absolute Gasteiger partial charge is 0.0623 e. The number of hydrogen-bond acceptors (Lipinski definition) is 0. The van der Waals surface area contributed by atoms with Crippen LogP contribution in [0.25, 0.3) is 44.2 Å². The molecule has 0 fully saturated rings. The quantitative estimate of drug-likeness (QED) is 0.0999. The lowest BCUT2D eigenvalue weighted by atomic mass is 9.79. The van der Waals surface area contributed by atoms with Crippen molar-refractivity contribution in [2.24, 2.45) is 0 Å². The van der Waals surface area contributed by atoms with Crippen LogP contribution in [-0.2, 0) is 10.8 Å². The fourth-order valence-corrected chi connectivity index (χ4v) is 23.1. The van der Waals surface area contributed by atoms with E-state index in [0.29, 0.717) is 0 Å². The molecule has 0 spiro atoms. The van der Waals surface area contributed by atoms with E-state index < -0.39 is 16.1 Å². The molecule has 2 heteroatoms. The minimum atomic E-state index is -2.77. The molecule has 0 N–H and O–H groups in total. The van der Waals surface area contributed by atoms with E-state index in [1.807, 2.05) is 0 Å². The first-order valence-corrected chi connectivity index (χ1v) is 29.6. The number of fused-ring (bicyclic) bond motifs is 7. The minimum Gasteiger partial charge on any atom is -0.0623 e. The third kappa shape index (κ3) is 6.42. The molecule has 0 aliphatic heterocycles. The van der Waals surface area contributed by atoms with E-state index in [1.165, 1.54) is 108 Å². The van der Waals surface area contributed by atoms with Gasteiger partial charge in [-0.25, -0.2) is 0 Å². The summed E-state index contributed by atoms with van der Waals surface area (Å²) in [7, 11) is -5.48. The second-order valence-electron chi connectivity index (χ2n) is 21.1. The average molecular weight is 953 g/mol. The van der Waals surface area contributed by atoms with Crippen LogP contribution in [0.4, 0.5) is 0 Å². The number of rotatable bonds is 9. The molecule has 0 atom stereocenters. The number of benzene rings is 11. The summed E-state index contributed by atoms with van der Waals surface area (Å²) in [5.41, 5.74) is 13.2. The Morgan fingerprint density at radius 2 is 0.569 bits per heavy atom. The molecule has 0 unspecified atom stereocenters. The summed E-state index contributed by atoms with van der Waals surface area (Å²) in [6, 6.07) is 102. The van der Waals surface area contributed by atoms with Crippen LogP contribution in [-0.4, -0.2) is 16.1 Å². The molecule has 0 saturated carbocycles. The molecule has 0 bridgehead atoms. The van der Waals surface area contributed by atoms with Gasteiger partial charge in [-0.1, -0.05) is 276 Å². The van der Waals surface area contributed by atoms with E-state index in [2.05, 4.69) is 295 Å². The van der Waals surface area contributed by atoms with E-state index in [-0.39, 0.29) is 10.8 Å². The van der Waals surface area contributed by atoms with Crippen molar-refractivity contribution < 1.29 is 0 Å². The van der Waals surface area contributed by atoms with Crippen molar-refractivity contribution >= 4 is 68.4 Å². The molecule has 0 radical (unpaired) electrons. The third-order valence-corrected chi connectivity index (χ3v) is 26.4. The summed E-state index contributed by atoms with van der Waals surface area (Å²) in [6.45, 7) is 9.79. The Kier molecular flexibility index (Phi) is 10.3. The molecule has 11 aromatic carbocycles. The van der Waals surface area contributed by atoms with Gasteiger partial charge in [0.1, 0.15) is 0 Å². The molecular weight excluding hydrogens is 897 g/mol. The van der Waals surface area contributed by atoms with Crippen molar-refractivity contribution in [3.63, 3.8) is 0 Å². The zero-order valence-electron chi connectivity index (χ0n) is 41.4. The highest BCUT2D eigenvalue weighted by Crippen LogP contribution is 2.56. The minimum absolute atomic E-state index is 0.203. The Hall–Kier alpha value is -7.89. The van der Waals surface area contributed by atoms with Gasteiger partial charge in [0.15, 0.2) is 16.1 Å². The predicted octanol–water partition coefficient (Wildman–Crippen LogP) is 11.9. The summed E-state index contributed by atoms with van der Waals surface area (Å²) >= 11 is 0. The van der Waals surface area contributed by atoms with Gasteiger partial charge in [0.25, 0.3) is 0 Å². The van der Waals surface area contributed by atoms with Crippen molar-refractivity contribution in [2.75, 3.05) is 0 Å². The Labute approximate surface area is 427 Å². The molecule has 2 aliphatic carbocycles. The molecule has 13 rings (SSSR count). The van der Waals surface area contributed by atoms with Crippen LogP contribution in [0.3, 0.4) is 0 Å². The molecule has 0 amide bonds. The lowest BCUT2D eigenvalue weighted by molar-refractivity contribution is 0.652. The van der Waals surface area contributed by atoms with Crippen LogP contribution < -0.4 is 41.5 Å². The van der Waals surface area contributed by atoms with Gasteiger partial charge in [-0.15, -0.1) is 0 Å². The SMILES string of the molecule is CC1(C)c2cc(-c3ccc([Si](c4ccccc4)(c4ccccc4)c4ccccc4)c4ccccc34)ccc2-c2cc3c(cc21)-c1ccc([Si](c2ccccc2)(c2ccccc2)c2ccccc2)cc1C3(C)C. The summed E-state index contributed by atoms with van der Waals surface area (Å²) in [4.78, 5) is 0. The van der Waals surface area contributed by atoms with Crippen molar-refractivity contribution in [2.45, 2.75) is 38.5 Å². The van der Waals surface area contributed by atoms with E-state index >= 15 is 0 Å². The topological polar surface area (TPSA) is 0 Å². The summed E-state index contributed by atoms with van der Waals surface area (Å²) in [5, 5.41) is 13.8. The maximum Gasteiger partial charge on any atom is 0.180 e. The van der Waals surface area contributed by atoms with Crippen LogP contribution >= 0.6 is 0 Å². The normalized spacial score (nSPS) is 14.1. The van der Waals surface area contributed by atoms with Crippen LogP contribution in [0.2, 0.25) is 0 Å². The fourth-order valence-electron chi connectivity index (χ4n) is 13.3. The summed E-state index contributed by atoms with van der Waals surface area (Å²) < 4.78 is 0. The van der Waals surface area contributed by atoms with E-state index in [0.717, 1.165) is 0 Å². The van der Waals surface area contributed by atoms with Crippen molar-refractivity contribution in [1.29, 1.82) is 0 Å². The Morgan fingerprint density at radius 1 is 0.236 bits per heavy atom. The van der Waals surface area contributed by atoms with Crippen molar-refractivity contribution in [3.05, 3.63) is 289 Å². The fraction of sp³-hybridized carbons (Fsp3) is 0.0857. The van der Waals surface area contributed by atoms with Gasteiger partial charge < -0.3 is 0 Å². The van der Waals surface area contributed by atoms with E-state index in [4.69, 9.17) is 0 Å². The van der Waals surface area contributed by atoms with Crippen LogP contribution in [0.1, 0.15) is 49.9 Å². The highest BCUT2D eigenvalue weighted by Gasteiger charge is 2.46. The zero-order chi connectivity index (χ0) is 48.7. The zero-order valence-corrected chi connectivity index (χ0v) is 43.4. The summed E-state index contributed by atoms with van der Waals surface area (Å²) in [6.07, 6.45) is 0. The van der Waals surface area contributed by atoms with Gasteiger partial charge in [-0.2, -0.15) is 0 Å². The molecule has 0 aromatic heterocycles. The second kappa shape index (κ2) is 16.9. The third-order valence-electron chi connectivity index (χ3n) is 16.8. The monoisotopic (exact) mass is 952 g/mol. The molecule has 72 heavy (non-hydrogen) atoms. The number of hydrogen-bond donors (Lipinski definition) is 0. The maximum absolute atomic E-state index is 2.77. The van der Waals surface area contributed by atoms with E-state index in [1.54, 1.807) is 0 Å². The van der Waals surface area contributed by atoms with Gasteiger partial charge in [0, 0.05) is 10.8 Å². The Bertz CT molecular complexity index is 3630. The van der Waals surface area contributed by atoms with Crippen LogP contribution in [0, 0.1) is 0 Å². The first-order valence-electron chi connectivity index (χ1n) is 25.6. The van der Waals surface area contributed by atoms with Crippen molar-refractivity contribution in [3.8, 4) is 33.4 Å². The van der Waals surface area contributed by atoms with E-state index in [9.17, 15) is 0 Å². The maximum atomic E-state index is 2.60. The first-order chi connectivity index (χ1) is 35.2. The van der Waals surface area contributed by atoms with Gasteiger partial charge in [0.05, 0.1) is 0 Å². The van der Waals surface area contributed by atoms with Gasteiger partial charge >= 0.3 is 0 Å². The summed E-state index contributed by atoms with van der Waals surface area (Å²) in [5.74, 6) is 0. The standard InChI is InChI=1S/C70H56Si2/c1-69(2)64-45-49(57-43-44-68(61-38-24-23-37-58(57)61)72(53-31-17-8-18-32-53,54-33-19-9-20-34-54)55-35-21-10-22-36-55)39-41-59(64)62-47-67-63(48-66(62)69)60-42-40-56(46-65(60)70(67,3)4)71(50-25-11-5-12-26-50,51-27-13-6-14-28-51)52-29-15-7-16-30-52/h5-48H,1-4H3. The van der Waals surface area contributed by atoms with Gasteiger partial charge in [0.2, 0.25) is 0 Å². The lowest BCUT2D eigenvalue weighted by Gasteiger charge is -2.35. The highest BCUT2D eigenvalue weighted by molar-refractivity contribution is 7.21. The molecule has 11 aromatic rings. The largest absolute Gasteiger partial charge is 0.180 e. The predicted molar refractivity (Wildman–Crippen MR) is 312 cm³/mol. The molecular formula is C70H56Si2. The Morgan fingerprint density at radius 3 is 1.00 bits per heavy atom. The van der Waals surface area contributed by atoms with Crippen LogP contribution in [0.5, 0.6) is 0 Å². The molecule has 2 aliphatic rings. The molecule has 0 heterocycles. The van der Waals surface area contributed by atoms with Gasteiger partial charge in [-0.05, 0) is 126 Å². The van der Waals surface area contributed by atoms with Crippen molar-refractivity contribution in [1.82, 2.24) is 0 Å².